The summed E-state index contributed by atoms with van der Waals surface area (Å²) in [4.78, 5) is 26.3. The van der Waals surface area contributed by atoms with Gasteiger partial charge in [0.25, 0.3) is 0 Å². The number of benzene rings is 1. The van der Waals surface area contributed by atoms with Gasteiger partial charge in [0, 0.05) is 19.0 Å². The molecule has 3 rings (SSSR count). The molecule has 2 heterocycles. The number of hydrogen-bond donors (Lipinski definition) is 1. The highest BCUT2D eigenvalue weighted by molar-refractivity contribution is 5.90. The van der Waals surface area contributed by atoms with E-state index >= 15 is 0 Å². The van der Waals surface area contributed by atoms with Crippen LogP contribution in [0.5, 0.6) is 0 Å². The van der Waals surface area contributed by atoms with E-state index < -0.39 is 6.04 Å². The first-order valence-electron chi connectivity index (χ1n) is 8.08. The molecule has 1 aliphatic heterocycles. The molecule has 1 atom stereocenters. The van der Waals surface area contributed by atoms with E-state index in [1.54, 1.807) is 17.9 Å². The Labute approximate surface area is 140 Å². The van der Waals surface area contributed by atoms with Crippen molar-refractivity contribution in [1.29, 1.82) is 0 Å². The molecule has 2 aromatic rings. The summed E-state index contributed by atoms with van der Waals surface area (Å²) >= 11 is 0. The summed E-state index contributed by atoms with van der Waals surface area (Å²) in [5, 5.41) is 6.70. The van der Waals surface area contributed by atoms with Crippen molar-refractivity contribution in [3.63, 3.8) is 0 Å². The largest absolute Gasteiger partial charge is 0.361 e. The van der Waals surface area contributed by atoms with Gasteiger partial charge in [0.15, 0.2) is 0 Å². The molecule has 1 fully saturated rings. The summed E-state index contributed by atoms with van der Waals surface area (Å²) in [5.41, 5.74) is 2.87. The zero-order valence-corrected chi connectivity index (χ0v) is 13.9. The molecule has 1 N–H and O–H groups in total. The summed E-state index contributed by atoms with van der Waals surface area (Å²) in [7, 11) is 0. The van der Waals surface area contributed by atoms with E-state index in [0.29, 0.717) is 37.4 Å². The number of aromatic nitrogens is 1. The number of carbonyl (C=O) groups excluding carboxylic acids is 2. The Hall–Kier alpha value is -2.63. The number of carbonyl (C=O) groups is 2. The molecule has 0 spiro atoms. The van der Waals surface area contributed by atoms with Crippen molar-refractivity contribution in [1.82, 2.24) is 15.4 Å². The average molecular weight is 327 g/mol. The molecule has 126 valence electrons. The fourth-order valence-corrected chi connectivity index (χ4v) is 2.89. The maximum atomic E-state index is 12.5. The maximum Gasteiger partial charge on any atom is 0.243 e. The van der Waals surface area contributed by atoms with E-state index in [9.17, 15) is 9.59 Å². The normalized spacial score (nSPS) is 17.3. The van der Waals surface area contributed by atoms with Crippen molar-refractivity contribution in [3.8, 4) is 0 Å². The minimum atomic E-state index is -0.424. The Bertz CT molecular complexity index is 736. The third kappa shape index (κ3) is 3.64. The third-order valence-electron chi connectivity index (χ3n) is 4.22. The second kappa shape index (κ2) is 6.86. The van der Waals surface area contributed by atoms with Crippen molar-refractivity contribution in [2.24, 2.45) is 0 Å². The zero-order valence-electron chi connectivity index (χ0n) is 13.9. The second-order valence-corrected chi connectivity index (χ2v) is 6.21. The zero-order chi connectivity index (χ0) is 17.1. The number of rotatable bonds is 5. The Morgan fingerprint density at radius 2 is 2.08 bits per heavy atom. The van der Waals surface area contributed by atoms with Gasteiger partial charge in [-0.05, 0) is 25.8 Å². The SMILES string of the molecule is Cc1ccc(CN2C(=O)CC[C@H]2C(=O)NCc2cc(C)on2)cc1. The Morgan fingerprint density at radius 3 is 2.75 bits per heavy atom. The Kier molecular flexibility index (Phi) is 4.64. The van der Waals surface area contributed by atoms with Crippen LogP contribution in [0.15, 0.2) is 34.9 Å². The molecule has 0 saturated carbocycles. The first-order chi connectivity index (χ1) is 11.5. The van der Waals surface area contributed by atoms with Gasteiger partial charge in [-0.3, -0.25) is 9.59 Å². The van der Waals surface area contributed by atoms with Crippen LogP contribution in [0.2, 0.25) is 0 Å². The summed E-state index contributed by atoms with van der Waals surface area (Å²) in [6.45, 7) is 4.59. The fraction of sp³-hybridized carbons (Fsp3) is 0.389. The summed E-state index contributed by atoms with van der Waals surface area (Å²) in [6.07, 6.45) is 0.960. The van der Waals surface area contributed by atoms with E-state index in [2.05, 4.69) is 10.5 Å². The number of nitrogens with one attached hydrogen (secondary N) is 1. The molecule has 1 saturated heterocycles. The van der Waals surface area contributed by atoms with Crippen LogP contribution in [0.3, 0.4) is 0 Å². The summed E-state index contributed by atoms with van der Waals surface area (Å²) in [6, 6.07) is 9.37. The topological polar surface area (TPSA) is 75.4 Å². The average Bonchev–Trinajstić information content (AvgIpc) is 3.14. The van der Waals surface area contributed by atoms with E-state index in [-0.39, 0.29) is 11.8 Å². The molecular weight excluding hydrogens is 306 g/mol. The van der Waals surface area contributed by atoms with Gasteiger partial charge in [0.1, 0.15) is 17.5 Å². The van der Waals surface area contributed by atoms with E-state index in [1.165, 1.54) is 5.56 Å². The minimum absolute atomic E-state index is 0.0213. The number of nitrogens with zero attached hydrogens (tertiary/aromatic N) is 2. The van der Waals surface area contributed by atoms with Gasteiger partial charge in [0.05, 0.1) is 6.54 Å². The molecule has 1 aliphatic rings. The molecule has 6 heteroatoms. The highest BCUT2D eigenvalue weighted by Gasteiger charge is 2.35. The molecule has 0 radical (unpaired) electrons. The third-order valence-corrected chi connectivity index (χ3v) is 4.22. The van der Waals surface area contributed by atoms with Gasteiger partial charge < -0.3 is 14.7 Å². The van der Waals surface area contributed by atoms with E-state index in [4.69, 9.17) is 4.52 Å². The van der Waals surface area contributed by atoms with Crippen LogP contribution in [-0.2, 0) is 22.7 Å². The minimum Gasteiger partial charge on any atom is -0.361 e. The van der Waals surface area contributed by atoms with Crippen LogP contribution in [-0.4, -0.2) is 27.9 Å². The van der Waals surface area contributed by atoms with Gasteiger partial charge in [-0.1, -0.05) is 35.0 Å². The standard InChI is InChI=1S/C18H21N3O3/c1-12-3-5-14(6-4-12)11-21-16(7-8-17(21)22)18(23)19-10-15-9-13(2)24-20-15/h3-6,9,16H,7-8,10-11H2,1-2H3,(H,19,23)/t16-/m0/s1. The van der Waals surface area contributed by atoms with Crippen molar-refractivity contribution in [3.05, 3.63) is 52.9 Å². The van der Waals surface area contributed by atoms with Gasteiger partial charge in [0.2, 0.25) is 11.8 Å². The van der Waals surface area contributed by atoms with Gasteiger partial charge in [-0.15, -0.1) is 0 Å². The number of hydrogen-bond acceptors (Lipinski definition) is 4. The molecule has 0 unspecified atom stereocenters. The van der Waals surface area contributed by atoms with Gasteiger partial charge in [-0.25, -0.2) is 0 Å². The van der Waals surface area contributed by atoms with Crippen LogP contribution < -0.4 is 5.32 Å². The highest BCUT2D eigenvalue weighted by atomic mass is 16.5. The van der Waals surface area contributed by atoms with Crippen LogP contribution in [0, 0.1) is 13.8 Å². The summed E-state index contributed by atoms with van der Waals surface area (Å²) in [5.74, 6) is 0.581. The molecule has 0 bridgehead atoms. The molecule has 1 aromatic carbocycles. The predicted octanol–water partition coefficient (Wildman–Crippen LogP) is 2.10. The van der Waals surface area contributed by atoms with Crippen molar-refractivity contribution in [2.45, 2.75) is 45.8 Å². The smallest absolute Gasteiger partial charge is 0.243 e. The summed E-state index contributed by atoms with van der Waals surface area (Å²) < 4.78 is 4.98. The maximum absolute atomic E-state index is 12.5. The van der Waals surface area contributed by atoms with Gasteiger partial charge in [-0.2, -0.15) is 0 Å². The van der Waals surface area contributed by atoms with Crippen molar-refractivity contribution < 1.29 is 14.1 Å². The number of amides is 2. The van der Waals surface area contributed by atoms with Crippen molar-refractivity contribution >= 4 is 11.8 Å². The monoisotopic (exact) mass is 327 g/mol. The lowest BCUT2D eigenvalue weighted by Gasteiger charge is -2.24. The molecule has 2 amide bonds. The molecule has 6 nitrogen and oxygen atoms in total. The Morgan fingerprint density at radius 1 is 1.33 bits per heavy atom. The lowest BCUT2D eigenvalue weighted by Crippen LogP contribution is -2.44. The van der Waals surface area contributed by atoms with Crippen LogP contribution >= 0.6 is 0 Å². The molecular formula is C18H21N3O3. The van der Waals surface area contributed by atoms with E-state index in [1.807, 2.05) is 31.2 Å². The lowest BCUT2D eigenvalue weighted by atomic mass is 10.1. The lowest BCUT2D eigenvalue weighted by molar-refractivity contribution is -0.135. The molecule has 0 aliphatic carbocycles. The molecule has 1 aromatic heterocycles. The highest BCUT2D eigenvalue weighted by Crippen LogP contribution is 2.22. The van der Waals surface area contributed by atoms with Gasteiger partial charge >= 0.3 is 0 Å². The van der Waals surface area contributed by atoms with Crippen LogP contribution in [0.4, 0.5) is 0 Å². The molecule has 24 heavy (non-hydrogen) atoms. The first kappa shape index (κ1) is 16.2. The van der Waals surface area contributed by atoms with Crippen LogP contribution in [0.25, 0.3) is 0 Å². The first-order valence-corrected chi connectivity index (χ1v) is 8.08. The van der Waals surface area contributed by atoms with Crippen molar-refractivity contribution in [2.75, 3.05) is 0 Å². The Balaban J connectivity index is 1.63. The van der Waals surface area contributed by atoms with E-state index in [0.717, 1.165) is 5.56 Å². The van der Waals surface area contributed by atoms with Crippen LogP contribution in [0.1, 0.15) is 35.4 Å². The second-order valence-electron chi connectivity index (χ2n) is 6.21. The number of aryl methyl sites for hydroxylation is 2. The quantitative estimate of drug-likeness (QED) is 0.912. The number of likely N-dealkylation sites (tertiary alicyclic amines) is 1. The fourth-order valence-electron chi connectivity index (χ4n) is 2.89. The predicted molar refractivity (Wildman–Crippen MR) is 87.8 cm³/mol.